The molecular weight excluding hydrogens is 492 g/mol. The van der Waals surface area contributed by atoms with Crippen LogP contribution in [0.5, 0.6) is 0 Å². The van der Waals surface area contributed by atoms with Gasteiger partial charge in [-0.15, -0.1) is 0 Å². The van der Waals surface area contributed by atoms with Crippen molar-refractivity contribution in [1.82, 2.24) is 19.8 Å². The van der Waals surface area contributed by atoms with Gasteiger partial charge in [0.05, 0.1) is 5.54 Å². The summed E-state index contributed by atoms with van der Waals surface area (Å²) in [5.41, 5.74) is 0.915. The Hall–Kier alpha value is -3.95. The zero-order chi connectivity index (χ0) is 27.8. The van der Waals surface area contributed by atoms with Crippen molar-refractivity contribution >= 4 is 23.5 Å². The average molecular weight is 526 g/mol. The van der Waals surface area contributed by atoms with Crippen molar-refractivity contribution in [1.29, 1.82) is 0 Å². The van der Waals surface area contributed by atoms with Gasteiger partial charge in [-0.25, -0.2) is 18.6 Å². The number of ether oxygens (including phenoxy) is 1. The van der Waals surface area contributed by atoms with E-state index in [0.29, 0.717) is 47.2 Å². The van der Waals surface area contributed by atoms with Gasteiger partial charge in [-0.05, 0) is 89.6 Å². The molecule has 0 fully saturated rings. The number of hydrogen-bond acceptors (Lipinski definition) is 5. The van der Waals surface area contributed by atoms with Gasteiger partial charge in [0.25, 0.3) is 0 Å². The minimum absolute atomic E-state index is 0.218. The van der Waals surface area contributed by atoms with Gasteiger partial charge in [0, 0.05) is 24.3 Å². The van der Waals surface area contributed by atoms with E-state index in [2.05, 4.69) is 10.6 Å². The molecule has 0 saturated heterocycles. The number of nitrogens with one attached hydrogen (secondary N) is 2. The lowest BCUT2D eigenvalue weighted by Crippen LogP contribution is -2.54. The van der Waals surface area contributed by atoms with E-state index in [9.17, 15) is 18.4 Å². The van der Waals surface area contributed by atoms with Crippen LogP contribution < -0.4 is 10.6 Å². The smallest absolute Gasteiger partial charge is 0.408 e. The molecule has 8 nitrogen and oxygen atoms in total. The number of alkyl carbamates (subject to hydrolysis) is 1. The van der Waals surface area contributed by atoms with Crippen LogP contribution in [-0.2, 0) is 21.6 Å². The molecule has 2 heterocycles. The van der Waals surface area contributed by atoms with E-state index in [1.807, 2.05) is 18.4 Å². The Balaban J connectivity index is 1.68. The molecule has 1 aromatic heterocycles. The zero-order valence-electron chi connectivity index (χ0n) is 22.5. The van der Waals surface area contributed by atoms with Crippen LogP contribution in [0.15, 0.2) is 42.5 Å². The van der Waals surface area contributed by atoms with Crippen molar-refractivity contribution in [3.8, 4) is 11.3 Å². The van der Waals surface area contributed by atoms with Crippen molar-refractivity contribution in [2.24, 2.45) is 0 Å². The van der Waals surface area contributed by atoms with Crippen molar-refractivity contribution < 1.29 is 23.1 Å². The Morgan fingerprint density at radius 1 is 1.08 bits per heavy atom. The number of halogens is 2. The maximum Gasteiger partial charge on any atom is 0.408 e. The summed E-state index contributed by atoms with van der Waals surface area (Å²) in [5.74, 6) is 0.332. The molecule has 202 valence electrons. The van der Waals surface area contributed by atoms with E-state index in [1.165, 1.54) is 18.2 Å². The second-order valence-electron chi connectivity index (χ2n) is 10.8. The van der Waals surface area contributed by atoms with Gasteiger partial charge in [-0.2, -0.15) is 0 Å². The maximum atomic E-state index is 14.1. The standard InChI is InChI=1S/C28H33F2N5O3/c1-17-15-18(7-12-21(17)30)23-24(32-20-10-8-19(29)9-11-20)34-13-14-35(28(5,6)25(34)33-23)22(36)16-31-26(37)38-27(2,3)4/h7-12,15,32H,13-14,16H2,1-6H3,(H,31,37). The summed E-state index contributed by atoms with van der Waals surface area (Å²) in [6.07, 6.45) is -0.665. The second kappa shape index (κ2) is 10.1. The number of benzene rings is 2. The van der Waals surface area contributed by atoms with Crippen LogP contribution in [-0.4, -0.2) is 45.1 Å². The Bertz CT molecular complexity index is 1360. The van der Waals surface area contributed by atoms with Crippen LogP contribution >= 0.6 is 0 Å². The molecule has 4 rings (SSSR count). The van der Waals surface area contributed by atoms with Crippen LogP contribution in [0.2, 0.25) is 0 Å². The molecule has 2 N–H and O–H groups in total. The summed E-state index contributed by atoms with van der Waals surface area (Å²) in [4.78, 5) is 31.9. The molecule has 1 aliphatic heterocycles. The van der Waals surface area contributed by atoms with Gasteiger partial charge in [-0.3, -0.25) is 4.79 Å². The first-order chi connectivity index (χ1) is 17.8. The molecule has 2 aromatic carbocycles. The van der Waals surface area contributed by atoms with E-state index in [-0.39, 0.29) is 24.1 Å². The van der Waals surface area contributed by atoms with Crippen molar-refractivity contribution in [2.45, 2.75) is 59.2 Å². The fourth-order valence-corrected chi connectivity index (χ4v) is 4.52. The third-order valence-electron chi connectivity index (χ3n) is 6.36. The summed E-state index contributed by atoms with van der Waals surface area (Å²) >= 11 is 0. The molecule has 0 aliphatic carbocycles. The minimum atomic E-state index is -0.836. The highest BCUT2D eigenvalue weighted by atomic mass is 19.1. The maximum absolute atomic E-state index is 14.1. The summed E-state index contributed by atoms with van der Waals surface area (Å²) in [6, 6.07) is 10.8. The van der Waals surface area contributed by atoms with Gasteiger partial charge < -0.3 is 24.8 Å². The van der Waals surface area contributed by atoms with E-state index in [4.69, 9.17) is 9.72 Å². The molecule has 0 spiro atoms. The fourth-order valence-electron chi connectivity index (χ4n) is 4.52. The number of nitrogens with zero attached hydrogens (tertiary/aromatic N) is 3. The second-order valence-corrected chi connectivity index (χ2v) is 10.8. The predicted octanol–water partition coefficient (Wildman–Crippen LogP) is 5.48. The molecule has 2 amide bonds. The molecule has 0 radical (unpaired) electrons. The molecule has 0 atom stereocenters. The lowest BCUT2D eigenvalue weighted by atomic mass is 9.99. The molecule has 0 saturated carbocycles. The third-order valence-corrected chi connectivity index (χ3v) is 6.36. The molecule has 38 heavy (non-hydrogen) atoms. The highest BCUT2D eigenvalue weighted by Gasteiger charge is 2.41. The molecule has 1 aliphatic rings. The first kappa shape index (κ1) is 27.1. The quantitative estimate of drug-likeness (QED) is 0.460. The van der Waals surface area contributed by atoms with Crippen LogP contribution in [0.25, 0.3) is 11.3 Å². The number of aromatic nitrogens is 2. The van der Waals surface area contributed by atoms with Crippen LogP contribution in [0.4, 0.5) is 25.1 Å². The largest absolute Gasteiger partial charge is 0.444 e. The number of rotatable bonds is 5. The average Bonchev–Trinajstić information content (AvgIpc) is 3.19. The molecular formula is C28H33F2N5O3. The summed E-state index contributed by atoms with van der Waals surface area (Å²) in [7, 11) is 0. The first-order valence-corrected chi connectivity index (χ1v) is 12.4. The SMILES string of the molecule is Cc1cc(-c2nc3n(c2Nc2ccc(F)cc2)CCN(C(=O)CNC(=O)OC(C)(C)C)C3(C)C)ccc1F. The number of anilines is 2. The van der Waals surface area contributed by atoms with Crippen molar-refractivity contribution in [3.05, 3.63) is 65.5 Å². The number of hydrogen-bond donors (Lipinski definition) is 2. The molecule has 0 unspecified atom stereocenters. The monoisotopic (exact) mass is 525 g/mol. The van der Waals surface area contributed by atoms with Gasteiger partial charge in [0.15, 0.2) is 0 Å². The number of amides is 2. The van der Waals surface area contributed by atoms with Crippen LogP contribution in [0.3, 0.4) is 0 Å². The third kappa shape index (κ3) is 5.64. The summed E-state index contributed by atoms with van der Waals surface area (Å²) in [5, 5.41) is 5.88. The first-order valence-electron chi connectivity index (χ1n) is 12.4. The Morgan fingerprint density at radius 2 is 1.76 bits per heavy atom. The van der Waals surface area contributed by atoms with Crippen molar-refractivity contribution in [2.75, 3.05) is 18.4 Å². The van der Waals surface area contributed by atoms with Gasteiger partial charge in [-0.1, -0.05) is 0 Å². The molecule has 10 heteroatoms. The lowest BCUT2D eigenvalue weighted by molar-refractivity contribution is -0.137. The minimum Gasteiger partial charge on any atom is -0.444 e. The van der Waals surface area contributed by atoms with Crippen LogP contribution in [0, 0.1) is 18.6 Å². The summed E-state index contributed by atoms with van der Waals surface area (Å²) in [6.45, 7) is 11.3. The number of carbonyl (C=O) groups is 2. The number of fused-ring (bicyclic) bond motifs is 1. The van der Waals surface area contributed by atoms with Gasteiger partial charge >= 0.3 is 6.09 Å². The Kier molecular flexibility index (Phi) is 7.18. The zero-order valence-corrected chi connectivity index (χ0v) is 22.5. The summed E-state index contributed by atoms with van der Waals surface area (Å²) < 4.78 is 34.8. The Morgan fingerprint density at radius 3 is 2.39 bits per heavy atom. The topological polar surface area (TPSA) is 88.5 Å². The normalized spacial score (nSPS) is 14.6. The number of imidazole rings is 1. The predicted molar refractivity (Wildman–Crippen MR) is 141 cm³/mol. The molecule has 3 aromatic rings. The van der Waals surface area contributed by atoms with E-state index >= 15 is 0 Å². The Labute approximate surface area is 221 Å². The van der Waals surface area contributed by atoms with Gasteiger partial charge in [0.1, 0.15) is 41.1 Å². The van der Waals surface area contributed by atoms with E-state index in [0.717, 1.165) is 0 Å². The molecule has 0 bridgehead atoms. The lowest BCUT2D eigenvalue weighted by Gasteiger charge is -2.42. The number of carbonyl (C=O) groups excluding carboxylic acids is 2. The van der Waals surface area contributed by atoms with Gasteiger partial charge in [0.2, 0.25) is 5.91 Å². The highest BCUT2D eigenvalue weighted by Crippen LogP contribution is 2.39. The van der Waals surface area contributed by atoms with Crippen LogP contribution in [0.1, 0.15) is 46.0 Å². The van der Waals surface area contributed by atoms with Crippen molar-refractivity contribution in [3.63, 3.8) is 0 Å². The fraction of sp³-hybridized carbons (Fsp3) is 0.393. The van der Waals surface area contributed by atoms with E-state index in [1.54, 1.807) is 56.9 Å². The highest BCUT2D eigenvalue weighted by molar-refractivity contribution is 5.83. The van der Waals surface area contributed by atoms with E-state index < -0.39 is 17.2 Å². The number of aryl methyl sites for hydroxylation is 1.